The van der Waals surface area contributed by atoms with E-state index in [-0.39, 0.29) is 0 Å². The highest BCUT2D eigenvalue weighted by Gasteiger charge is 2.20. The van der Waals surface area contributed by atoms with Crippen LogP contribution in [0, 0.1) is 0 Å². The second-order valence-corrected chi connectivity index (χ2v) is 10.4. The van der Waals surface area contributed by atoms with Crippen LogP contribution in [0.5, 0.6) is 0 Å². The Balaban J connectivity index is 1.56. The minimum Gasteiger partial charge on any atom is -0.298 e. The maximum absolute atomic E-state index is 2.50. The molecule has 4 bridgehead atoms. The van der Waals surface area contributed by atoms with E-state index >= 15 is 0 Å². The van der Waals surface area contributed by atoms with E-state index in [0.717, 1.165) is 26.2 Å². The summed E-state index contributed by atoms with van der Waals surface area (Å²) in [6.45, 7) is 3.62. The standard InChI is InChI=1S/C34H30N2/c1-35-19-31-23-11-3-7-15-27(23)33(28-16-8-4-12-24(28)31)21-36(2)22-34-29-17-9-5-13-25(29)32(20-35)26-14-6-10-18-30(26)34/h3-18H,19-22H2,1-2H3. The molecule has 0 unspecified atom stereocenters. The molecule has 7 rings (SSSR count). The van der Waals surface area contributed by atoms with Crippen LogP contribution in [-0.2, 0) is 26.2 Å². The van der Waals surface area contributed by atoms with Gasteiger partial charge in [0.15, 0.2) is 0 Å². The van der Waals surface area contributed by atoms with Gasteiger partial charge in [0.2, 0.25) is 0 Å². The van der Waals surface area contributed by atoms with Gasteiger partial charge in [-0.3, -0.25) is 9.80 Å². The van der Waals surface area contributed by atoms with Crippen molar-refractivity contribution < 1.29 is 0 Å². The van der Waals surface area contributed by atoms with Crippen LogP contribution in [0.15, 0.2) is 97.1 Å². The highest BCUT2D eigenvalue weighted by atomic mass is 15.1. The Morgan fingerprint density at radius 1 is 0.333 bits per heavy atom. The largest absolute Gasteiger partial charge is 0.298 e. The fraction of sp³-hybridized carbons (Fsp3) is 0.176. The molecule has 0 aromatic heterocycles. The normalized spacial score (nSPS) is 15.4. The second-order valence-electron chi connectivity index (χ2n) is 10.4. The summed E-state index contributed by atoms with van der Waals surface area (Å²) in [6.07, 6.45) is 0. The molecule has 36 heavy (non-hydrogen) atoms. The zero-order valence-corrected chi connectivity index (χ0v) is 21.0. The number of nitrogens with zero attached hydrogens (tertiary/aromatic N) is 2. The van der Waals surface area contributed by atoms with Crippen molar-refractivity contribution in [1.29, 1.82) is 0 Å². The molecule has 1 aliphatic heterocycles. The summed E-state index contributed by atoms with van der Waals surface area (Å²) in [5, 5.41) is 11.1. The van der Waals surface area contributed by atoms with E-state index in [1.54, 1.807) is 0 Å². The summed E-state index contributed by atoms with van der Waals surface area (Å²) in [6, 6.07) is 36.1. The Morgan fingerprint density at radius 2 is 0.500 bits per heavy atom. The lowest BCUT2D eigenvalue weighted by Gasteiger charge is -2.27. The van der Waals surface area contributed by atoms with Gasteiger partial charge in [-0.05, 0) is 79.4 Å². The molecule has 1 heterocycles. The van der Waals surface area contributed by atoms with Gasteiger partial charge in [0.1, 0.15) is 0 Å². The summed E-state index contributed by atoms with van der Waals surface area (Å²) in [5.41, 5.74) is 5.71. The first-order valence-electron chi connectivity index (χ1n) is 12.9. The third-order valence-corrected chi connectivity index (χ3v) is 8.02. The molecular weight excluding hydrogens is 436 g/mol. The van der Waals surface area contributed by atoms with Gasteiger partial charge in [-0.15, -0.1) is 0 Å². The molecule has 176 valence electrons. The Hall–Kier alpha value is -3.72. The summed E-state index contributed by atoms with van der Waals surface area (Å²) < 4.78 is 0. The van der Waals surface area contributed by atoms with Crippen molar-refractivity contribution in [1.82, 2.24) is 9.80 Å². The second kappa shape index (κ2) is 8.44. The van der Waals surface area contributed by atoms with Crippen LogP contribution in [0.1, 0.15) is 22.3 Å². The van der Waals surface area contributed by atoms with Gasteiger partial charge in [0, 0.05) is 26.2 Å². The molecule has 6 aromatic carbocycles. The number of benzene rings is 6. The smallest absolute Gasteiger partial charge is 0.0246 e. The lowest BCUT2D eigenvalue weighted by molar-refractivity contribution is 0.320. The van der Waals surface area contributed by atoms with Crippen LogP contribution in [0.4, 0.5) is 0 Å². The number of rotatable bonds is 0. The van der Waals surface area contributed by atoms with Crippen molar-refractivity contribution in [3.8, 4) is 0 Å². The van der Waals surface area contributed by atoms with Gasteiger partial charge in [-0.25, -0.2) is 0 Å². The maximum Gasteiger partial charge on any atom is 0.0246 e. The van der Waals surface area contributed by atoms with Crippen molar-refractivity contribution in [2.45, 2.75) is 26.2 Å². The molecule has 0 radical (unpaired) electrons. The first-order chi connectivity index (χ1) is 17.7. The predicted molar refractivity (Wildman–Crippen MR) is 153 cm³/mol. The Morgan fingerprint density at radius 3 is 0.667 bits per heavy atom. The minimum absolute atomic E-state index is 0.904. The van der Waals surface area contributed by atoms with Gasteiger partial charge in [0.25, 0.3) is 0 Å². The molecule has 0 N–H and O–H groups in total. The van der Waals surface area contributed by atoms with Crippen LogP contribution in [0.2, 0.25) is 0 Å². The van der Waals surface area contributed by atoms with Gasteiger partial charge in [-0.1, -0.05) is 97.1 Å². The Kier molecular flexibility index (Phi) is 5.06. The fourth-order valence-electron chi connectivity index (χ4n) is 6.49. The SMILES string of the molecule is CN1Cc2c3ccccc3c(c3ccccc23)CN(C)Cc2c3ccccc3c(c3ccccc23)C1. The van der Waals surface area contributed by atoms with Gasteiger partial charge in [-0.2, -0.15) is 0 Å². The number of hydrogen-bond donors (Lipinski definition) is 0. The average molecular weight is 467 g/mol. The van der Waals surface area contributed by atoms with E-state index in [2.05, 4.69) is 121 Å². The Bertz CT molecular complexity index is 1410. The Labute approximate surface area is 212 Å². The highest BCUT2D eigenvalue weighted by molar-refractivity contribution is 6.07. The lowest BCUT2D eigenvalue weighted by Crippen LogP contribution is -2.21. The van der Waals surface area contributed by atoms with E-state index in [9.17, 15) is 0 Å². The summed E-state index contributed by atoms with van der Waals surface area (Å²) in [5.74, 6) is 0. The van der Waals surface area contributed by atoms with Crippen molar-refractivity contribution in [2.75, 3.05) is 14.1 Å². The van der Waals surface area contributed by atoms with Crippen molar-refractivity contribution >= 4 is 43.1 Å². The summed E-state index contributed by atoms with van der Waals surface area (Å²) in [4.78, 5) is 5.00. The van der Waals surface area contributed by atoms with Crippen LogP contribution in [0.3, 0.4) is 0 Å². The third kappa shape index (κ3) is 3.33. The lowest BCUT2D eigenvalue weighted by atomic mass is 9.89. The van der Waals surface area contributed by atoms with Crippen LogP contribution >= 0.6 is 0 Å². The van der Waals surface area contributed by atoms with E-state index in [1.165, 1.54) is 65.3 Å². The molecule has 0 atom stereocenters. The fourth-order valence-corrected chi connectivity index (χ4v) is 6.49. The first kappa shape index (κ1) is 21.6. The van der Waals surface area contributed by atoms with Crippen LogP contribution in [-0.4, -0.2) is 23.9 Å². The van der Waals surface area contributed by atoms with Crippen molar-refractivity contribution in [3.63, 3.8) is 0 Å². The molecule has 2 nitrogen and oxygen atoms in total. The van der Waals surface area contributed by atoms with Crippen LogP contribution < -0.4 is 0 Å². The molecule has 0 aliphatic carbocycles. The average Bonchev–Trinajstić information content (AvgIpc) is 2.92. The van der Waals surface area contributed by atoms with Crippen molar-refractivity contribution in [3.05, 3.63) is 119 Å². The molecule has 1 aliphatic rings. The van der Waals surface area contributed by atoms with E-state index in [0.29, 0.717) is 0 Å². The van der Waals surface area contributed by atoms with Gasteiger partial charge < -0.3 is 0 Å². The quantitative estimate of drug-likeness (QED) is 0.210. The topological polar surface area (TPSA) is 6.48 Å². The number of hydrogen-bond acceptors (Lipinski definition) is 2. The molecule has 0 saturated heterocycles. The van der Waals surface area contributed by atoms with Crippen molar-refractivity contribution in [2.24, 2.45) is 0 Å². The molecule has 6 aromatic rings. The van der Waals surface area contributed by atoms with E-state index < -0.39 is 0 Å². The zero-order valence-electron chi connectivity index (χ0n) is 21.0. The molecule has 0 amide bonds. The number of fused-ring (bicyclic) bond motifs is 6. The van der Waals surface area contributed by atoms with Gasteiger partial charge in [0.05, 0.1) is 0 Å². The van der Waals surface area contributed by atoms with Crippen LogP contribution in [0.25, 0.3) is 43.1 Å². The maximum atomic E-state index is 2.50. The molecular formula is C34H30N2. The molecule has 0 fully saturated rings. The monoisotopic (exact) mass is 466 g/mol. The van der Waals surface area contributed by atoms with E-state index in [1.807, 2.05) is 0 Å². The summed E-state index contributed by atoms with van der Waals surface area (Å²) in [7, 11) is 4.54. The molecule has 0 saturated carbocycles. The highest BCUT2D eigenvalue weighted by Crippen LogP contribution is 2.38. The first-order valence-corrected chi connectivity index (χ1v) is 12.9. The molecule has 2 heteroatoms. The zero-order chi connectivity index (χ0) is 24.2. The summed E-state index contributed by atoms with van der Waals surface area (Å²) >= 11 is 0. The van der Waals surface area contributed by atoms with E-state index in [4.69, 9.17) is 0 Å². The van der Waals surface area contributed by atoms with Gasteiger partial charge >= 0.3 is 0 Å². The third-order valence-electron chi connectivity index (χ3n) is 8.02. The predicted octanol–water partition coefficient (Wildman–Crippen LogP) is 7.88. The molecule has 0 spiro atoms. The minimum atomic E-state index is 0.904.